The molecule has 0 saturated carbocycles. The molecule has 110 valence electrons. The van der Waals surface area contributed by atoms with Crippen molar-refractivity contribution in [3.05, 3.63) is 12.2 Å². The average molecular weight is 280 g/mol. The summed E-state index contributed by atoms with van der Waals surface area (Å²) in [5.74, 6) is -0.517. The SMILES string of the molecule is CC(C)(C)OC(=O)N1CCC(N2C(=O)C=CC2=O)CC1. The van der Waals surface area contributed by atoms with Gasteiger partial charge in [-0.15, -0.1) is 0 Å². The van der Waals surface area contributed by atoms with Crippen LogP contribution in [0, 0.1) is 0 Å². The number of hydrogen-bond acceptors (Lipinski definition) is 4. The van der Waals surface area contributed by atoms with Crippen LogP contribution in [0.4, 0.5) is 4.79 Å². The second kappa shape index (κ2) is 5.26. The molecule has 0 bridgehead atoms. The molecule has 0 radical (unpaired) electrons. The molecule has 20 heavy (non-hydrogen) atoms. The largest absolute Gasteiger partial charge is 0.444 e. The zero-order valence-corrected chi connectivity index (χ0v) is 12.1. The second-order valence-electron chi connectivity index (χ2n) is 6.08. The number of carbonyl (C=O) groups is 3. The third kappa shape index (κ3) is 3.18. The molecule has 3 amide bonds. The summed E-state index contributed by atoms with van der Waals surface area (Å²) in [6.45, 7) is 6.47. The first kappa shape index (κ1) is 14.6. The fourth-order valence-electron chi connectivity index (χ4n) is 2.40. The van der Waals surface area contributed by atoms with Crippen LogP contribution in [0.1, 0.15) is 33.6 Å². The topological polar surface area (TPSA) is 66.9 Å². The zero-order valence-electron chi connectivity index (χ0n) is 12.1. The van der Waals surface area contributed by atoms with Crippen molar-refractivity contribution in [3.63, 3.8) is 0 Å². The van der Waals surface area contributed by atoms with Crippen molar-refractivity contribution in [2.75, 3.05) is 13.1 Å². The summed E-state index contributed by atoms with van der Waals surface area (Å²) in [5.41, 5.74) is -0.515. The van der Waals surface area contributed by atoms with E-state index in [9.17, 15) is 14.4 Å². The highest BCUT2D eigenvalue weighted by atomic mass is 16.6. The van der Waals surface area contributed by atoms with Crippen molar-refractivity contribution in [1.29, 1.82) is 0 Å². The highest BCUT2D eigenvalue weighted by molar-refractivity contribution is 6.13. The monoisotopic (exact) mass is 280 g/mol. The van der Waals surface area contributed by atoms with Crippen LogP contribution in [0.15, 0.2) is 12.2 Å². The Balaban J connectivity index is 1.88. The van der Waals surface area contributed by atoms with Gasteiger partial charge in [0, 0.05) is 31.3 Å². The molecule has 0 N–H and O–H groups in total. The lowest BCUT2D eigenvalue weighted by Crippen LogP contribution is -2.49. The van der Waals surface area contributed by atoms with E-state index in [4.69, 9.17) is 4.74 Å². The van der Waals surface area contributed by atoms with E-state index in [1.54, 1.807) is 4.90 Å². The van der Waals surface area contributed by atoms with Crippen molar-refractivity contribution < 1.29 is 19.1 Å². The van der Waals surface area contributed by atoms with Crippen LogP contribution in [-0.4, -0.2) is 52.4 Å². The van der Waals surface area contributed by atoms with E-state index in [-0.39, 0.29) is 23.9 Å². The van der Waals surface area contributed by atoms with E-state index in [1.165, 1.54) is 17.1 Å². The predicted octanol–water partition coefficient (Wildman–Crippen LogP) is 1.31. The minimum Gasteiger partial charge on any atom is -0.444 e. The first-order chi connectivity index (χ1) is 9.28. The number of carbonyl (C=O) groups excluding carboxylic acids is 3. The Morgan fingerprint density at radius 2 is 1.65 bits per heavy atom. The molecule has 2 aliphatic rings. The van der Waals surface area contributed by atoms with Crippen molar-refractivity contribution in [2.45, 2.75) is 45.3 Å². The summed E-state index contributed by atoms with van der Waals surface area (Å²) in [4.78, 5) is 38.0. The Morgan fingerprint density at radius 1 is 1.15 bits per heavy atom. The quantitative estimate of drug-likeness (QED) is 0.679. The summed E-state index contributed by atoms with van der Waals surface area (Å²) in [5, 5.41) is 0. The molecule has 2 aliphatic heterocycles. The lowest BCUT2D eigenvalue weighted by atomic mass is 10.0. The summed E-state index contributed by atoms with van der Waals surface area (Å²) >= 11 is 0. The van der Waals surface area contributed by atoms with Gasteiger partial charge in [0.25, 0.3) is 11.8 Å². The summed E-state index contributed by atoms with van der Waals surface area (Å²) in [6.07, 6.45) is 3.44. The van der Waals surface area contributed by atoms with E-state index in [1.807, 2.05) is 20.8 Å². The molecule has 2 rings (SSSR count). The maximum absolute atomic E-state index is 11.9. The molecule has 0 aliphatic carbocycles. The number of amides is 3. The van der Waals surface area contributed by atoms with Gasteiger partial charge in [0.1, 0.15) is 5.60 Å². The molecular weight excluding hydrogens is 260 g/mol. The number of rotatable bonds is 1. The number of piperidine rings is 1. The van der Waals surface area contributed by atoms with Crippen LogP contribution < -0.4 is 0 Å². The lowest BCUT2D eigenvalue weighted by molar-refractivity contribution is -0.140. The van der Waals surface area contributed by atoms with Gasteiger partial charge in [-0.1, -0.05) is 0 Å². The Morgan fingerprint density at radius 3 is 2.10 bits per heavy atom. The van der Waals surface area contributed by atoms with Crippen LogP contribution in [0.2, 0.25) is 0 Å². The molecular formula is C14H20N2O4. The van der Waals surface area contributed by atoms with E-state index < -0.39 is 5.60 Å². The van der Waals surface area contributed by atoms with E-state index in [2.05, 4.69) is 0 Å². The molecule has 6 nitrogen and oxygen atoms in total. The fraction of sp³-hybridized carbons (Fsp3) is 0.643. The van der Waals surface area contributed by atoms with Crippen molar-refractivity contribution in [1.82, 2.24) is 9.80 Å². The average Bonchev–Trinajstić information content (AvgIpc) is 2.67. The van der Waals surface area contributed by atoms with Gasteiger partial charge in [-0.2, -0.15) is 0 Å². The molecule has 0 aromatic heterocycles. The highest BCUT2D eigenvalue weighted by Crippen LogP contribution is 2.21. The zero-order chi connectivity index (χ0) is 14.9. The maximum atomic E-state index is 11.9. The van der Waals surface area contributed by atoms with Crippen LogP contribution in [0.25, 0.3) is 0 Å². The van der Waals surface area contributed by atoms with Crippen molar-refractivity contribution in [2.24, 2.45) is 0 Å². The van der Waals surface area contributed by atoms with Crippen LogP contribution in [0.5, 0.6) is 0 Å². The molecule has 1 saturated heterocycles. The molecule has 1 fully saturated rings. The number of likely N-dealkylation sites (tertiary alicyclic amines) is 1. The van der Waals surface area contributed by atoms with Crippen molar-refractivity contribution in [3.8, 4) is 0 Å². The Bertz CT molecular complexity index is 438. The van der Waals surface area contributed by atoms with Crippen molar-refractivity contribution >= 4 is 17.9 Å². The van der Waals surface area contributed by atoms with E-state index >= 15 is 0 Å². The Kier molecular flexibility index (Phi) is 3.83. The summed E-state index contributed by atoms with van der Waals surface area (Å²) < 4.78 is 5.31. The predicted molar refractivity (Wildman–Crippen MR) is 71.8 cm³/mol. The number of ether oxygens (including phenoxy) is 1. The van der Waals surface area contributed by atoms with E-state index in [0.29, 0.717) is 25.9 Å². The first-order valence-corrected chi connectivity index (χ1v) is 6.81. The third-order valence-corrected chi connectivity index (χ3v) is 3.32. The lowest BCUT2D eigenvalue weighted by Gasteiger charge is -2.36. The molecule has 6 heteroatoms. The second-order valence-corrected chi connectivity index (χ2v) is 6.08. The van der Waals surface area contributed by atoms with Crippen LogP contribution >= 0.6 is 0 Å². The molecule has 2 heterocycles. The minimum absolute atomic E-state index is 0.122. The summed E-state index contributed by atoms with van der Waals surface area (Å²) in [6, 6.07) is -0.122. The van der Waals surface area contributed by atoms with Crippen LogP contribution in [0.3, 0.4) is 0 Å². The molecule has 0 aromatic carbocycles. The molecule has 0 unspecified atom stereocenters. The Hall–Kier alpha value is -1.85. The van der Waals surface area contributed by atoms with Gasteiger partial charge in [-0.3, -0.25) is 14.5 Å². The summed E-state index contributed by atoms with van der Waals surface area (Å²) in [7, 11) is 0. The Labute approximate surface area is 118 Å². The molecule has 0 aromatic rings. The number of nitrogens with zero attached hydrogens (tertiary/aromatic N) is 2. The normalized spacial score (nSPS) is 20.8. The van der Waals surface area contributed by atoms with Gasteiger partial charge in [-0.25, -0.2) is 4.79 Å². The smallest absolute Gasteiger partial charge is 0.410 e. The van der Waals surface area contributed by atoms with Gasteiger partial charge >= 0.3 is 6.09 Å². The maximum Gasteiger partial charge on any atom is 0.410 e. The minimum atomic E-state index is -0.515. The third-order valence-electron chi connectivity index (χ3n) is 3.32. The molecule has 0 spiro atoms. The van der Waals surface area contributed by atoms with Crippen LogP contribution in [-0.2, 0) is 14.3 Å². The van der Waals surface area contributed by atoms with Gasteiger partial charge in [-0.05, 0) is 33.6 Å². The van der Waals surface area contributed by atoms with E-state index in [0.717, 1.165) is 0 Å². The fourth-order valence-corrected chi connectivity index (χ4v) is 2.40. The number of hydrogen-bond donors (Lipinski definition) is 0. The van der Waals surface area contributed by atoms with Gasteiger partial charge in [0.2, 0.25) is 0 Å². The van der Waals surface area contributed by atoms with Gasteiger partial charge in [0.05, 0.1) is 0 Å². The standard InChI is InChI=1S/C14H20N2O4/c1-14(2,3)20-13(19)15-8-6-10(7-9-15)16-11(17)4-5-12(16)18/h4-5,10H,6-9H2,1-3H3. The number of imide groups is 1. The molecule has 0 atom stereocenters. The highest BCUT2D eigenvalue weighted by Gasteiger charge is 2.35. The van der Waals surface area contributed by atoms with Gasteiger partial charge in [0.15, 0.2) is 0 Å². The van der Waals surface area contributed by atoms with Gasteiger partial charge < -0.3 is 9.64 Å². The first-order valence-electron chi connectivity index (χ1n) is 6.81.